The summed E-state index contributed by atoms with van der Waals surface area (Å²) >= 11 is 0. The van der Waals surface area contributed by atoms with Crippen LogP contribution in [0.4, 0.5) is 0 Å². The first-order valence-corrected chi connectivity index (χ1v) is 6.89. The maximum absolute atomic E-state index is 4.24. The minimum atomic E-state index is 0.802. The van der Waals surface area contributed by atoms with Crippen molar-refractivity contribution in [1.29, 1.82) is 0 Å². The molecule has 0 aliphatic carbocycles. The van der Waals surface area contributed by atoms with Gasteiger partial charge in [-0.2, -0.15) is 0 Å². The van der Waals surface area contributed by atoms with Crippen LogP contribution in [0.3, 0.4) is 0 Å². The number of aliphatic imine (C=N–C) groups is 1. The van der Waals surface area contributed by atoms with Gasteiger partial charge in [-0.1, -0.05) is 13.3 Å². The molecule has 0 aromatic heterocycles. The second kappa shape index (κ2) is 8.34. The molecule has 1 rings (SSSR count). The molecule has 0 atom stereocenters. The highest BCUT2D eigenvalue weighted by molar-refractivity contribution is 5.79. The van der Waals surface area contributed by atoms with Crippen LogP contribution in [0, 0.1) is 5.92 Å². The molecule has 1 fully saturated rings. The summed E-state index contributed by atoms with van der Waals surface area (Å²) in [4.78, 5) is 6.65. The van der Waals surface area contributed by atoms with Gasteiger partial charge in [-0.3, -0.25) is 4.99 Å². The van der Waals surface area contributed by atoms with Crippen molar-refractivity contribution in [1.82, 2.24) is 15.5 Å². The second-order valence-corrected chi connectivity index (χ2v) is 4.98. The number of nitrogens with zero attached hydrogens (tertiary/aromatic N) is 2. The molecule has 0 saturated carbocycles. The molecule has 0 amide bonds. The van der Waals surface area contributed by atoms with Crippen molar-refractivity contribution in [2.24, 2.45) is 10.9 Å². The normalized spacial score (nSPS) is 19.4. The van der Waals surface area contributed by atoms with Crippen LogP contribution < -0.4 is 10.6 Å². The Morgan fingerprint density at radius 3 is 2.59 bits per heavy atom. The number of nitrogens with one attached hydrogen (secondary N) is 2. The summed E-state index contributed by atoms with van der Waals surface area (Å²) in [6.07, 6.45) is 5.03. The van der Waals surface area contributed by atoms with Crippen LogP contribution in [0.1, 0.15) is 32.6 Å². The van der Waals surface area contributed by atoms with Crippen molar-refractivity contribution in [2.45, 2.75) is 32.6 Å². The Balaban J connectivity index is 2.14. The number of hydrogen-bond acceptors (Lipinski definition) is 2. The van der Waals surface area contributed by atoms with Crippen molar-refractivity contribution in [3.8, 4) is 0 Å². The van der Waals surface area contributed by atoms with E-state index in [9.17, 15) is 0 Å². The molecule has 1 heterocycles. The highest BCUT2D eigenvalue weighted by atomic mass is 15.2. The van der Waals surface area contributed by atoms with E-state index in [4.69, 9.17) is 0 Å². The zero-order valence-electron chi connectivity index (χ0n) is 11.6. The number of hydrogen-bond donors (Lipinski definition) is 2. The lowest BCUT2D eigenvalue weighted by Crippen LogP contribution is -2.42. The lowest BCUT2D eigenvalue weighted by atomic mass is 9.97. The van der Waals surface area contributed by atoms with E-state index in [1.54, 1.807) is 0 Å². The predicted octanol–water partition coefficient (Wildman–Crippen LogP) is 1.29. The monoisotopic (exact) mass is 240 g/mol. The average molecular weight is 240 g/mol. The van der Waals surface area contributed by atoms with Gasteiger partial charge in [0.15, 0.2) is 5.96 Å². The summed E-state index contributed by atoms with van der Waals surface area (Å²) in [6, 6.07) is 0. The predicted molar refractivity (Wildman–Crippen MR) is 74.5 cm³/mol. The van der Waals surface area contributed by atoms with Gasteiger partial charge in [0.25, 0.3) is 0 Å². The van der Waals surface area contributed by atoms with E-state index in [-0.39, 0.29) is 0 Å². The van der Waals surface area contributed by atoms with E-state index in [1.165, 1.54) is 38.8 Å². The molecule has 100 valence electrons. The van der Waals surface area contributed by atoms with Crippen LogP contribution in [-0.2, 0) is 0 Å². The summed E-state index contributed by atoms with van der Waals surface area (Å²) in [5.41, 5.74) is 0. The van der Waals surface area contributed by atoms with E-state index in [2.05, 4.69) is 34.5 Å². The van der Waals surface area contributed by atoms with E-state index >= 15 is 0 Å². The summed E-state index contributed by atoms with van der Waals surface area (Å²) in [6.45, 7) is 6.74. The van der Waals surface area contributed by atoms with Crippen LogP contribution in [0.25, 0.3) is 0 Å². The fourth-order valence-corrected chi connectivity index (χ4v) is 2.11. The quantitative estimate of drug-likeness (QED) is 0.432. The van der Waals surface area contributed by atoms with Gasteiger partial charge in [-0.25, -0.2) is 0 Å². The Morgan fingerprint density at radius 1 is 1.29 bits per heavy atom. The van der Waals surface area contributed by atoms with Crippen molar-refractivity contribution >= 4 is 5.96 Å². The first kappa shape index (κ1) is 14.3. The standard InChI is InChI=1S/C13H28N4/c1-4-5-8-15-13(14-2)16-11-12-6-9-17(3)10-7-12/h12H,4-11H2,1-3H3,(H2,14,15,16). The Morgan fingerprint density at radius 2 is 2.00 bits per heavy atom. The topological polar surface area (TPSA) is 39.7 Å². The largest absolute Gasteiger partial charge is 0.356 e. The Hall–Kier alpha value is -0.770. The van der Waals surface area contributed by atoms with Gasteiger partial charge in [-0.05, 0) is 45.3 Å². The van der Waals surface area contributed by atoms with Crippen LogP contribution in [0.15, 0.2) is 4.99 Å². The Bertz CT molecular complexity index is 219. The molecule has 4 nitrogen and oxygen atoms in total. The van der Waals surface area contributed by atoms with E-state index < -0.39 is 0 Å². The zero-order valence-corrected chi connectivity index (χ0v) is 11.6. The summed E-state index contributed by atoms with van der Waals surface area (Å²) in [7, 11) is 4.05. The third-order valence-corrected chi connectivity index (χ3v) is 3.44. The lowest BCUT2D eigenvalue weighted by Gasteiger charge is -2.29. The number of piperidine rings is 1. The van der Waals surface area contributed by atoms with E-state index in [0.717, 1.165) is 25.0 Å². The molecule has 2 N–H and O–H groups in total. The van der Waals surface area contributed by atoms with Gasteiger partial charge < -0.3 is 15.5 Å². The van der Waals surface area contributed by atoms with Crippen LogP contribution in [0.2, 0.25) is 0 Å². The number of guanidine groups is 1. The highest BCUT2D eigenvalue weighted by Gasteiger charge is 2.16. The smallest absolute Gasteiger partial charge is 0.190 e. The number of unbranched alkanes of at least 4 members (excludes halogenated alkanes) is 1. The Kier molecular flexibility index (Phi) is 7.01. The van der Waals surface area contributed by atoms with E-state index in [1.807, 2.05) is 7.05 Å². The highest BCUT2D eigenvalue weighted by Crippen LogP contribution is 2.14. The van der Waals surface area contributed by atoms with Gasteiger partial charge >= 0.3 is 0 Å². The molecule has 1 aliphatic heterocycles. The maximum atomic E-state index is 4.24. The van der Waals surface area contributed by atoms with Crippen molar-refractivity contribution < 1.29 is 0 Å². The second-order valence-electron chi connectivity index (χ2n) is 4.98. The van der Waals surface area contributed by atoms with Gasteiger partial charge in [0, 0.05) is 20.1 Å². The summed E-state index contributed by atoms with van der Waals surface area (Å²) < 4.78 is 0. The first-order valence-electron chi connectivity index (χ1n) is 6.89. The first-order chi connectivity index (χ1) is 8.26. The average Bonchev–Trinajstić information content (AvgIpc) is 2.35. The molecule has 4 heteroatoms. The lowest BCUT2D eigenvalue weighted by molar-refractivity contribution is 0.220. The van der Waals surface area contributed by atoms with Gasteiger partial charge in [0.05, 0.1) is 0 Å². The molecule has 0 aromatic carbocycles. The van der Waals surface area contributed by atoms with Crippen molar-refractivity contribution in [2.75, 3.05) is 40.3 Å². The molecule has 17 heavy (non-hydrogen) atoms. The number of rotatable bonds is 5. The maximum Gasteiger partial charge on any atom is 0.190 e. The third-order valence-electron chi connectivity index (χ3n) is 3.44. The van der Waals surface area contributed by atoms with E-state index in [0.29, 0.717) is 0 Å². The molecular weight excluding hydrogens is 212 g/mol. The van der Waals surface area contributed by atoms with Gasteiger partial charge in [0.2, 0.25) is 0 Å². The van der Waals surface area contributed by atoms with Gasteiger partial charge in [0.1, 0.15) is 0 Å². The molecule has 0 unspecified atom stereocenters. The van der Waals surface area contributed by atoms with Crippen LogP contribution in [0.5, 0.6) is 0 Å². The molecular formula is C13H28N4. The minimum absolute atomic E-state index is 0.802. The van der Waals surface area contributed by atoms with Crippen molar-refractivity contribution in [3.63, 3.8) is 0 Å². The Labute approximate surface area is 106 Å². The zero-order chi connectivity index (χ0) is 12.5. The molecule has 0 bridgehead atoms. The summed E-state index contributed by atoms with van der Waals surface area (Å²) in [5.74, 6) is 1.76. The van der Waals surface area contributed by atoms with Crippen LogP contribution >= 0.6 is 0 Å². The van der Waals surface area contributed by atoms with Gasteiger partial charge in [-0.15, -0.1) is 0 Å². The minimum Gasteiger partial charge on any atom is -0.356 e. The third kappa shape index (κ3) is 5.91. The molecule has 0 radical (unpaired) electrons. The molecule has 1 saturated heterocycles. The van der Waals surface area contributed by atoms with Crippen molar-refractivity contribution in [3.05, 3.63) is 0 Å². The molecule has 1 aliphatic rings. The molecule has 0 aromatic rings. The van der Waals surface area contributed by atoms with Crippen LogP contribution in [-0.4, -0.2) is 51.1 Å². The fourth-order valence-electron chi connectivity index (χ4n) is 2.11. The number of likely N-dealkylation sites (tertiary alicyclic amines) is 1. The fraction of sp³-hybridized carbons (Fsp3) is 0.923. The SMILES string of the molecule is CCCCNC(=NC)NCC1CCN(C)CC1. The summed E-state index contributed by atoms with van der Waals surface area (Å²) in [5, 5.41) is 6.78. The molecule has 0 spiro atoms.